The summed E-state index contributed by atoms with van der Waals surface area (Å²) >= 11 is 0. The van der Waals surface area contributed by atoms with Crippen molar-refractivity contribution in [1.29, 1.82) is 0 Å². The number of aliphatic imine (C=N–C) groups is 1. The Morgan fingerprint density at radius 3 is 2.88 bits per heavy atom. The third kappa shape index (κ3) is 3.22. The highest BCUT2D eigenvalue weighted by Gasteiger charge is 2.26. The Labute approximate surface area is 134 Å². The van der Waals surface area contributed by atoms with Crippen LogP contribution in [0.15, 0.2) is 41.5 Å². The van der Waals surface area contributed by atoms with E-state index in [2.05, 4.69) is 9.98 Å². The smallest absolute Gasteiger partial charge is 0.407 e. The summed E-state index contributed by atoms with van der Waals surface area (Å²) in [5.41, 5.74) is 2.21. The monoisotopic (exact) mass is 334 g/mol. The quantitative estimate of drug-likeness (QED) is 0.358. The van der Waals surface area contributed by atoms with Crippen molar-refractivity contribution in [3.63, 3.8) is 0 Å². The average molecular weight is 334 g/mol. The van der Waals surface area contributed by atoms with E-state index in [1.54, 1.807) is 24.4 Å². The van der Waals surface area contributed by atoms with Crippen LogP contribution in [-0.4, -0.2) is 30.1 Å². The van der Waals surface area contributed by atoms with Gasteiger partial charge in [-0.2, -0.15) is 17.9 Å². The molecule has 3 rings (SSSR count). The Bertz CT molecular complexity index is 935. The number of nitrogens with zero attached hydrogens (tertiary/aromatic N) is 3. The molecule has 2 heterocycles. The molecule has 24 heavy (non-hydrogen) atoms. The van der Waals surface area contributed by atoms with Crippen molar-refractivity contribution >= 4 is 12.0 Å². The molecule has 0 bridgehead atoms. The van der Waals surface area contributed by atoms with Crippen LogP contribution in [0.1, 0.15) is 5.56 Å². The molecule has 2 N–H and O–H groups in total. The molecule has 1 aromatic carbocycles. The highest BCUT2D eigenvalue weighted by Crippen LogP contribution is 2.18. The summed E-state index contributed by atoms with van der Waals surface area (Å²) < 4.78 is 38.1. The third-order valence-electron chi connectivity index (χ3n) is 3.56. The van der Waals surface area contributed by atoms with Crippen LogP contribution < -0.4 is 26.3 Å². The Balaban J connectivity index is 2.02. The molecule has 0 saturated carbocycles. The lowest BCUT2D eigenvalue weighted by Gasteiger charge is -2.13. The van der Waals surface area contributed by atoms with E-state index in [4.69, 9.17) is 5.84 Å². The van der Waals surface area contributed by atoms with Gasteiger partial charge in [0, 0.05) is 5.56 Å². The van der Waals surface area contributed by atoms with Gasteiger partial charge < -0.3 is 5.11 Å². The predicted molar refractivity (Wildman–Crippen MR) is 81.1 cm³/mol. The lowest BCUT2D eigenvalue weighted by molar-refractivity contribution is -0.214. The largest absolute Gasteiger partial charge is 0.858 e. The Morgan fingerprint density at radius 2 is 2.12 bits per heavy atom. The molecule has 2 aromatic rings. The van der Waals surface area contributed by atoms with Crippen LogP contribution in [0.4, 0.5) is 13.2 Å². The zero-order valence-electron chi connectivity index (χ0n) is 12.4. The maximum Gasteiger partial charge on any atom is 0.407 e. The van der Waals surface area contributed by atoms with Gasteiger partial charge in [-0.3, -0.25) is 10.8 Å². The number of halogens is 3. The summed E-state index contributed by atoms with van der Waals surface area (Å²) in [5.74, 6) is 4.92. The minimum atomic E-state index is -4.50. The molecule has 8 heteroatoms. The fraction of sp³-hybridized carbons (Fsp3) is 0.188. The van der Waals surface area contributed by atoms with E-state index in [0.29, 0.717) is 17.6 Å². The number of benzene rings is 1. The molecule has 0 amide bonds. The van der Waals surface area contributed by atoms with Crippen molar-refractivity contribution < 1.29 is 18.3 Å². The molecule has 0 aliphatic carbocycles. The molecule has 1 aliphatic rings. The summed E-state index contributed by atoms with van der Waals surface area (Å²) in [6.45, 7) is -0.977. The van der Waals surface area contributed by atoms with Gasteiger partial charge in [-0.25, -0.2) is 0 Å². The number of aromatic nitrogens is 1. The second kappa shape index (κ2) is 5.95. The number of hydrogen-bond acceptors (Lipinski definition) is 4. The molecule has 5 nitrogen and oxygen atoms in total. The fourth-order valence-electron chi connectivity index (χ4n) is 2.49. The Kier molecular flexibility index (Phi) is 3.96. The van der Waals surface area contributed by atoms with Gasteiger partial charge in [0.25, 0.3) is 0 Å². The van der Waals surface area contributed by atoms with E-state index in [0.717, 1.165) is 10.8 Å². The number of nitrogens with two attached hydrogens (primary N) is 1. The second-order valence-corrected chi connectivity index (χ2v) is 5.27. The topological polar surface area (TPSA) is 77.3 Å². The standard InChI is InChI=1S/C16H13F3N4O/c17-16(18,19)9-22-15(24)11-3-1-2-10(8-11)12-4-6-21-14-13(12)5-7-23(14)20/h1-6,8H,7,9,20H2. The maximum absolute atomic E-state index is 12.2. The molecule has 0 radical (unpaired) electrons. The van der Waals surface area contributed by atoms with Crippen LogP contribution in [0.5, 0.6) is 0 Å². The maximum atomic E-state index is 12.2. The normalized spacial score (nSPS) is 14.5. The molecular formula is C16H13F3N4O. The van der Waals surface area contributed by atoms with Gasteiger partial charge in [0.15, 0.2) is 0 Å². The van der Waals surface area contributed by atoms with E-state index in [-0.39, 0.29) is 5.56 Å². The highest BCUT2D eigenvalue weighted by molar-refractivity contribution is 5.92. The van der Waals surface area contributed by atoms with Gasteiger partial charge in [0.05, 0.1) is 5.22 Å². The van der Waals surface area contributed by atoms with E-state index in [1.807, 2.05) is 6.08 Å². The van der Waals surface area contributed by atoms with Gasteiger partial charge in [0.1, 0.15) is 19.3 Å². The number of hydrogen-bond donors (Lipinski definition) is 1. The SMILES string of the molecule is N[N+]1=c2nccc(-c3cccc(C([O-])=NCC(F)(F)F)c3)c2=CC1. The van der Waals surface area contributed by atoms with Gasteiger partial charge in [0.2, 0.25) is 0 Å². The van der Waals surface area contributed by atoms with E-state index in [9.17, 15) is 18.3 Å². The van der Waals surface area contributed by atoms with Crippen LogP contribution in [0.25, 0.3) is 17.2 Å². The molecule has 1 aromatic heterocycles. The first-order chi connectivity index (χ1) is 11.3. The zero-order chi connectivity index (χ0) is 17.3. The summed E-state index contributed by atoms with van der Waals surface area (Å²) in [5, 5.41) is 12.7. The number of fused-ring (bicyclic) bond motifs is 1. The summed E-state index contributed by atoms with van der Waals surface area (Å²) in [6.07, 6.45) is -1.01. The first kappa shape index (κ1) is 16.0. The average Bonchev–Trinajstić information content (AvgIpc) is 2.93. The summed E-state index contributed by atoms with van der Waals surface area (Å²) in [7, 11) is 0. The summed E-state index contributed by atoms with van der Waals surface area (Å²) in [6, 6.07) is 8.10. The van der Waals surface area contributed by atoms with Crippen molar-refractivity contribution in [2.24, 2.45) is 10.8 Å². The van der Waals surface area contributed by atoms with E-state index >= 15 is 0 Å². The van der Waals surface area contributed by atoms with Crippen molar-refractivity contribution in [1.82, 2.24) is 9.67 Å². The minimum absolute atomic E-state index is 0.102. The Morgan fingerprint density at radius 1 is 1.33 bits per heavy atom. The molecule has 1 aliphatic heterocycles. The molecule has 0 atom stereocenters. The lowest BCUT2D eigenvalue weighted by Crippen LogP contribution is -2.41. The van der Waals surface area contributed by atoms with Crippen LogP contribution >= 0.6 is 0 Å². The number of rotatable bonds is 3. The van der Waals surface area contributed by atoms with Crippen molar-refractivity contribution in [2.75, 3.05) is 13.1 Å². The van der Waals surface area contributed by atoms with Crippen molar-refractivity contribution in [3.05, 3.63) is 52.8 Å². The van der Waals surface area contributed by atoms with Crippen molar-refractivity contribution in [3.8, 4) is 11.1 Å². The molecule has 124 valence electrons. The lowest BCUT2D eigenvalue weighted by atomic mass is 10.0. The molecule has 0 spiro atoms. The van der Waals surface area contributed by atoms with E-state index < -0.39 is 18.6 Å². The molecule has 0 fully saturated rings. The first-order valence-corrected chi connectivity index (χ1v) is 7.08. The minimum Gasteiger partial charge on any atom is -0.858 e. The number of pyridine rings is 1. The van der Waals surface area contributed by atoms with E-state index in [1.165, 1.54) is 16.8 Å². The fourth-order valence-corrected chi connectivity index (χ4v) is 2.49. The van der Waals surface area contributed by atoms with Crippen LogP contribution in [0, 0.1) is 0 Å². The first-order valence-electron chi connectivity index (χ1n) is 7.08. The number of alkyl halides is 3. The molecule has 0 unspecified atom stereocenters. The summed E-state index contributed by atoms with van der Waals surface area (Å²) in [4.78, 5) is 7.27. The van der Waals surface area contributed by atoms with Crippen LogP contribution in [0.2, 0.25) is 0 Å². The molecular weight excluding hydrogens is 321 g/mol. The third-order valence-corrected chi connectivity index (χ3v) is 3.56. The van der Waals surface area contributed by atoms with Crippen molar-refractivity contribution in [2.45, 2.75) is 6.18 Å². The van der Waals surface area contributed by atoms with Crippen LogP contribution in [-0.2, 0) is 0 Å². The molecule has 0 saturated heterocycles. The predicted octanol–water partition coefficient (Wildman–Crippen LogP) is -0.423. The van der Waals surface area contributed by atoms with Gasteiger partial charge in [-0.05, 0) is 40.2 Å². The second-order valence-electron chi connectivity index (χ2n) is 5.27. The number of hydrazine groups is 1. The highest BCUT2D eigenvalue weighted by atomic mass is 19.4. The zero-order valence-corrected chi connectivity index (χ0v) is 12.4. The van der Waals surface area contributed by atoms with Crippen LogP contribution in [0.3, 0.4) is 0 Å². The van der Waals surface area contributed by atoms with Gasteiger partial charge in [-0.15, -0.1) is 0 Å². The van der Waals surface area contributed by atoms with Gasteiger partial charge >= 0.3 is 11.7 Å². The Hall–Kier alpha value is -2.90. The van der Waals surface area contributed by atoms with Gasteiger partial charge in [-0.1, -0.05) is 18.2 Å².